The van der Waals surface area contributed by atoms with Gasteiger partial charge in [0.05, 0.1) is 0 Å². The molecule has 1 heterocycles. The molecule has 0 aliphatic rings. The fourth-order valence-corrected chi connectivity index (χ4v) is 1.78. The van der Waals surface area contributed by atoms with Crippen molar-refractivity contribution in [1.29, 1.82) is 0 Å². The van der Waals surface area contributed by atoms with E-state index in [1.54, 1.807) is 18.5 Å². The summed E-state index contributed by atoms with van der Waals surface area (Å²) in [6, 6.07) is 9.40. The fraction of sp³-hybridized carbons (Fsp3) is 0. The lowest BCUT2D eigenvalue weighted by Gasteiger charge is -1.98. The van der Waals surface area contributed by atoms with Crippen LogP contribution in [0.3, 0.4) is 0 Å². The highest BCUT2D eigenvalue weighted by Gasteiger charge is 1.98. The molecule has 0 saturated heterocycles. The maximum Gasteiger partial charge on any atom is 0.192 e. The third kappa shape index (κ3) is 2.47. The Labute approximate surface area is 91.4 Å². The van der Waals surface area contributed by atoms with E-state index >= 15 is 0 Å². The minimum atomic E-state index is 0.739. The van der Waals surface area contributed by atoms with Crippen LogP contribution < -0.4 is 0 Å². The second-order valence-corrected chi connectivity index (χ2v) is 4.06. The fourth-order valence-electron chi connectivity index (χ4n) is 0.946. The van der Waals surface area contributed by atoms with Crippen molar-refractivity contribution in [1.82, 2.24) is 9.97 Å². The highest BCUT2D eigenvalue weighted by atomic mass is 35.5. The first-order valence-corrected chi connectivity index (χ1v) is 5.24. The van der Waals surface area contributed by atoms with Crippen molar-refractivity contribution in [3.05, 3.63) is 47.7 Å². The molecule has 0 aliphatic carbocycles. The van der Waals surface area contributed by atoms with E-state index in [0.29, 0.717) is 0 Å². The molecular weight excluding hydrogens is 216 g/mol. The first-order chi connectivity index (χ1) is 6.84. The van der Waals surface area contributed by atoms with E-state index in [1.165, 1.54) is 11.8 Å². The quantitative estimate of drug-likeness (QED) is 0.730. The van der Waals surface area contributed by atoms with Crippen LogP contribution in [0.4, 0.5) is 0 Å². The van der Waals surface area contributed by atoms with E-state index in [2.05, 4.69) is 9.97 Å². The lowest BCUT2D eigenvalue weighted by Crippen LogP contribution is -1.82. The van der Waals surface area contributed by atoms with Crippen molar-refractivity contribution in [2.75, 3.05) is 0 Å². The summed E-state index contributed by atoms with van der Waals surface area (Å²) in [4.78, 5) is 9.31. The van der Waals surface area contributed by atoms with Gasteiger partial charge in [-0.3, -0.25) is 0 Å². The summed E-state index contributed by atoms with van der Waals surface area (Å²) >= 11 is 7.29. The molecule has 0 spiro atoms. The van der Waals surface area contributed by atoms with Crippen molar-refractivity contribution in [2.24, 2.45) is 0 Å². The second-order valence-electron chi connectivity index (χ2n) is 2.59. The molecule has 0 saturated carbocycles. The summed E-state index contributed by atoms with van der Waals surface area (Å²) in [7, 11) is 0. The van der Waals surface area contributed by atoms with Crippen LogP contribution in [0.25, 0.3) is 0 Å². The van der Waals surface area contributed by atoms with Gasteiger partial charge in [-0.05, 0) is 42.1 Å². The molecule has 1 aromatic carbocycles. The lowest BCUT2D eigenvalue weighted by atomic mass is 10.4. The van der Waals surface area contributed by atoms with Gasteiger partial charge in [-0.15, -0.1) is 0 Å². The van der Waals surface area contributed by atoms with Crippen LogP contribution >= 0.6 is 23.4 Å². The molecule has 0 amide bonds. The molecule has 2 rings (SSSR count). The standard InChI is InChI=1S/C10H7ClN2S/c11-8-2-4-9(5-3-8)14-10-12-6-1-7-13-10/h1-7H. The summed E-state index contributed by atoms with van der Waals surface area (Å²) in [6.45, 7) is 0. The van der Waals surface area contributed by atoms with Crippen molar-refractivity contribution in [3.8, 4) is 0 Å². The summed E-state index contributed by atoms with van der Waals surface area (Å²) in [5.41, 5.74) is 0. The van der Waals surface area contributed by atoms with E-state index in [-0.39, 0.29) is 0 Å². The minimum absolute atomic E-state index is 0.739. The van der Waals surface area contributed by atoms with Gasteiger partial charge in [-0.2, -0.15) is 0 Å². The third-order valence-electron chi connectivity index (χ3n) is 1.56. The van der Waals surface area contributed by atoms with Gasteiger partial charge in [0.25, 0.3) is 0 Å². The van der Waals surface area contributed by atoms with Crippen LogP contribution in [-0.4, -0.2) is 9.97 Å². The van der Waals surface area contributed by atoms with Crippen LogP contribution in [0.5, 0.6) is 0 Å². The van der Waals surface area contributed by atoms with Crippen molar-refractivity contribution in [2.45, 2.75) is 10.1 Å². The van der Waals surface area contributed by atoms with Crippen molar-refractivity contribution in [3.63, 3.8) is 0 Å². The Balaban J connectivity index is 2.16. The zero-order valence-electron chi connectivity index (χ0n) is 7.22. The summed E-state index contributed by atoms with van der Waals surface area (Å²) < 4.78 is 0. The number of halogens is 1. The van der Waals surface area contributed by atoms with Crippen molar-refractivity contribution < 1.29 is 0 Å². The van der Waals surface area contributed by atoms with Gasteiger partial charge in [-0.1, -0.05) is 11.6 Å². The first kappa shape index (κ1) is 9.49. The summed E-state index contributed by atoms with van der Waals surface area (Å²) in [5, 5.41) is 1.48. The largest absolute Gasteiger partial charge is 0.231 e. The van der Waals surface area contributed by atoms with E-state index in [0.717, 1.165) is 15.1 Å². The van der Waals surface area contributed by atoms with Crippen LogP contribution in [0.2, 0.25) is 5.02 Å². The van der Waals surface area contributed by atoms with Gasteiger partial charge in [0.15, 0.2) is 5.16 Å². The number of hydrogen-bond donors (Lipinski definition) is 0. The van der Waals surface area contributed by atoms with E-state index < -0.39 is 0 Å². The molecule has 2 aromatic rings. The Morgan fingerprint density at radius 2 is 1.64 bits per heavy atom. The molecule has 0 fully saturated rings. The minimum Gasteiger partial charge on any atom is -0.231 e. The topological polar surface area (TPSA) is 25.8 Å². The smallest absolute Gasteiger partial charge is 0.192 e. The molecule has 0 N–H and O–H groups in total. The number of hydrogen-bond acceptors (Lipinski definition) is 3. The molecule has 0 atom stereocenters. The predicted octanol–water partition coefficient (Wildman–Crippen LogP) is 3.28. The summed E-state index contributed by atoms with van der Waals surface area (Å²) in [5.74, 6) is 0. The zero-order chi connectivity index (χ0) is 9.80. The molecule has 0 aliphatic heterocycles. The Morgan fingerprint density at radius 1 is 1.00 bits per heavy atom. The van der Waals surface area contributed by atoms with Crippen LogP contribution in [0.1, 0.15) is 0 Å². The highest BCUT2D eigenvalue weighted by Crippen LogP contribution is 2.24. The highest BCUT2D eigenvalue weighted by molar-refractivity contribution is 7.99. The first-order valence-electron chi connectivity index (χ1n) is 4.05. The lowest BCUT2D eigenvalue weighted by molar-refractivity contribution is 0.967. The maximum atomic E-state index is 5.77. The van der Waals surface area contributed by atoms with Gasteiger partial charge in [-0.25, -0.2) is 9.97 Å². The SMILES string of the molecule is Clc1ccc(Sc2ncccn2)cc1. The maximum absolute atomic E-state index is 5.77. The van der Waals surface area contributed by atoms with Gasteiger partial charge in [0.1, 0.15) is 0 Å². The number of nitrogens with zero attached hydrogens (tertiary/aromatic N) is 2. The molecular formula is C10H7ClN2S. The van der Waals surface area contributed by atoms with Gasteiger partial charge in [0.2, 0.25) is 0 Å². The van der Waals surface area contributed by atoms with Crippen LogP contribution in [0.15, 0.2) is 52.8 Å². The van der Waals surface area contributed by atoms with E-state index in [4.69, 9.17) is 11.6 Å². The average Bonchev–Trinajstić information content (AvgIpc) is 2.23. The van der Waals surface area contributed by atoms with Crippen LogP contribution in [-0.2, 0) is 0 Å². The molecule has 0 radical (unpaired) electrons. The molecule has 4 heteroatoms. The van der Waals surface area contributed by atoms with Gasteiger partial charge >= 0.3 is 0 Å². The molecule has 0 bridgehead atoms. The Hall–Kier alpha value is -1.06. The Kier molecular flexibility index (Phi) is 3.01. The van der Waals surface area contributed by atoms with E-state index in [1.807, 2.05) is 24.3 Å². The Morgan fingerprint density at radius 3 is 2.29 bits per heavy atom. The number of rotatable bonds is 2. The molecule has 14 heavy (non-hydrogen) atoms. The Bertz CT molecular complexity index is 402. The van der Waals surface area contributed by atoms with E-state index in [9.17, 15) is 0 Å². The molecule has 0 unspecified atom stereocenters. The zero-order valence-corrected chi connectivity index (χ0v) is 8.79. The number of aromatic nitrogens is 2. The monoisotopic (exact) mass is 222 g/mol. The van der Waals surface area contributed by atoms with Crippen molar-refractivity contribution >= 4 is 23.4 Å². The summed E-state index contributed by atoms with van der Waals surface area (Å²) in [6.07, 6.45) is 3.45. The predicted molar refractivity (Wildman–Crippen MR) is 57.6 cm³/mol. The average molecular weight is 223 g/mol. The van der Waals surface area contributed by atoms with Gasteiger partial charge < -0.3 is 0 Å². The molecule has 1 aromatic heterocycles. The normalized spacial score (nSPS) is 10.1. The molecule has 2 nitrogen and oxygen atoms in total. The second kappa shape index (κ2) is 4.44. The molecule has 70 valence electrons. The van der Waals surface area contributed by atoms with Crippen LogP contribution in [0, 0.1) is 0 Å². The number of benzene rings is 1. The third-order valence-corrected chi connectivity index (χ3v) is 2.72. The van der Waals surface area contributed by atoms with Gasteiger partial charge in [0, 0.05) is 22.3 Å².